The molecule has 0 radical (unpaired) electrons. The van der Waals surface area contributed by atoms with Crippen molar-refractivity contribution in [1.82, 2.24) is 38.2 Å². The van der Waals surface area contributed by atoms with E-state index in [-0.39, 0.29) is 104 Å². The Morgan fingerprint density at radius 2 is 0.687 bits per heavy atom. The highest BCUT2D eigenvalue weighted by molar-refractivity contribution is 6.30. The van der Waals surface area contributed by atoms with E-state index in [0.29, 0.717) is 123 Å². The van der Waals surface area contributed by atoms with E-state index in [1.165, 1.54) is 17.7 Å². The molecule has 3 aliphatic carbocycles. The molecule has 6 aromatic carbocycles. The summed E-state index contributed by atoms with van der Waals surface area (Å²) in [6.07, 6.45) is 10.8. The predicted octanol–water partition coefficient (Wildman–Crippen LogP) is 21.0. The van der Waals surface area contributed by atoms with E-state index in [0.717, 1.165) is 88.6 Å². The Morgan fingerprint density at radius 3 is 0.970 bits per heavy atom. The van der Waals surface area contributed by atoms with Crippen LogP contribution in [0.25, 0.3) is 0 Å². The molecule has 0 aliphatic heterocycles. The van der Waals surface area contributed by atoms with Crippen molar-refractivity contribution < 1.29 is 73.0 Å². The third-order valence-electron chi connectivity index (χ3n) is 24.1. The molecule has 13 rings (SSSR count). The lowest BCUT2D eigenvalue weighted by Gasteiger charge is -2.25. The quantitative estimate of drug-likeness (QED) is 0.0215. The number of halogens is 5. The summed E-state index contributed by atoms with van der Waals surface area (Å²) < 4.78 is 30.8. The van der Waals surface area contributed by atoms with Crippen molar-refractivity contribution in [1.29, 1.82) is 0 Å². The number of ether oxygens (including phenoxy) is 2. The molecular weight excluding hydrogens is 1780 g/mol. The topological polar surface area (TPSA) is 310 Å². The number of aliphatic carboxylic acids is 2. The number of carboxylic acid groups (broad SMARTS) is 3. The number of imidazole rings is 4. The summed E-state index contributed by atoms with van der Waals surface area (Å²) in [7, 11) is 3.15. The van der Waals surface area contributed by atoms with Crippen molar-refractivity contribution >= 4 is 87.4 Å². The van der Waals surface area contributed by atoms with Crippen LogP contribution in [0.3, 0.4) is 0 Å². The first-order valence-corrected chi connectivity index (χ1v) is 46.4. The summed E-state index contributed by atoms with van der Waals surface area (Å²) in [4.78, 5) is 105. The Morgan fingerprint density at radius 1 is 0.403 bits per heavy atom. The number of benzene rings is 6. The van der Waals surface area contributed by atoms with Crippen LogP contribution in [-0.4, -0.2) is 141 Å². The van der Waals surface area contributed by atoms with Gasteiger partial charge in [0.05, 0.1) is 43.6 Å². The minimum absolute atomic E-state index is 0.0954. The monoisotopic (exact) mass is 1900 g/mol. The third kappa shape index (κ3) is 30.5. The van der Waals surface area contributed by atoms with Crippen LogP contribution in [0.4, 0.5) is 4.39 Å². The van der Waals surface area contributed by atoms with Gasteiger partial charge >= 0.3 is 17.9 Å². The predicted molar refractivity (Wildman–Crippen MR) is 518 cm³/mol. The zero-order chi connectivity index (χ0) is 97.7. The van der Waals surface area contributed by atoms with Crippen molar-refractivity contribution in [3.63, 3.8) is 0 Å². The minimum atomic E-state index is -1.23. The van der Waals surface area contributed by atoms with Gasteiger partial charge in [0.25, 0.3) is 0 Å². The van der Waals surface area contributed by atoms with Gasteiger partial charge in [0.2, 0.25) is 21.1 Å². The van der Waals surface area contributed by atoms with Crippen LogP contribution in [0.1, 0.15) is 289 Å². The molecule has 704 valence electrons. The van der Waals surface area contributed by atoms with Gasteiger partial charge in [0, 0.05) is 45.3 Å². The fraction of sp³-hybridized carbons (Fsp3) is 0.411. The summed E-state index contributed by atoms with van der Waals surface area (Å²) >= 11 is 25.8. The maximum Gasteiger partial charge on any atom is 0.335 e. The van der Waals surface area contributed by atoms with Crippen molar-refractivity contribution in [3.05, 3.63) is 279 Å². The van der Waals surface area contributed by atoms with Gasteiger partial charge < -0.3 is 53.3 Å². The number of nitrogens with zero attached hydrogens (tertiary/aromatic N) is 8. The molecule has 3 fully saturated rings. The van der Waals surface area contributed by atoms with Crippen LogP contribution in [-0.2, 0) is 57.1 Å². The number of carbonyl (C=O) groups excluding carboxylic acids is 4. The van der Waals surface area contributed by atoms with Crippen molar-refractivity contribution in [2.24, 2.45) is 23.7 Å². The molecule has 27 heteroatoms. The van der Waals surface area contributed by atoms with Crippen LogP contribution < -0.4 is 0 Å². The van der Waals surface area contributed by atoms with Gasteiger partial charge in [-0.15, -0.1) is 0 Å². The molecule has 4 heterocycles. The normalized spacial score (nSPS) is 15.6. The molecule has 0 spiro atoms. The van der Waals surface area contributed by atoms with E-state index < -0.39 is 40.3 Å². The highest BCUT2D eigenvalue weighted by Crippen LogP contribution is 2.52. The van der Waals surface area contributed by atoms with Crippen LogP contribution >= 0.6 is 46.4 Å². The highest BCUT2D eigenvalue weighted by atomic mass is 35.5. The van der Waals surface area contributed by atoms with Crippen molar-refractivity contribution in [3.8, 4) is 47.4 Å². The molecule has 3 saturated carbocycles. The molecule has 0 atom stereocenters. The number of aromatic nitrogens is 8. The summed E-state index contributed by atoms with van der Waals surface area (Å²) in [5.41, 5.74) is 9.09. The molecule has 3 aliphatic rings. The number of rotatable bonds is 29. The highest BCUT2D eigenvalue weighted by Gasteiger charge is 2.47. The number of carbonyl (C=O) groups is 7. The second-order valence-corrected chi connectivity index (χ2v) is 38.3. The average Bonchev–Trinajstić information content (AvgIpc) is 1.60. The number of aryl methyl sites for hydroxylation is 5. The standard InChI is InChI=1S/C29H29ClN2O4.C26H26ClFN2O2.2C26H31ClN2O4/c1-19-5-7-20(8-6-19)18-32-25(23(31-27(32)30)13-14-28(2,3)36-4)24(33)17-29(15-16-29)22-11-9-21(10-12-22)26(34)35;1-18-5-7-19(8-6-18)11-14-23(31)24-22(15-16-26(2,3)32-4)29-25(27)30(24)17-20-9-12-21(28)13-10-20;2*1-17-4-6-19(7-5-17)16-29-23(21(28-25(29)27)14-15-26(2,3)33)22(30)13-10-18-8-11-20(12-9-18)24(31)32/h5-12H,15-18H2,1-4H3,(H,34,35);5-10,12-13H,11,14,17H2,1-4H3;2*4-7,18,20,33H,8-13,16H2,1-3H3,(H,31,32). The molecule has 0 unspecified atom stereocenters. The molecule has 5 N–H and O–H groups in total. The van der Waals surface area contributed by atoms with E-state index in [1.807, 2.05) is 165 Å². The molecular formula is C107H117Cl4FN8O14. The van der Waals surface area contributed by atoms with Crippen molar-refractivity contribution in [2.45, 2.75) is 246 Å². The van der Waals surface area contributed by atoms with Crippen LogP contribution in [0.2, 0.25) is 21.1 Å². The number of hydrogen-bond acceptors (Lipinski definition) is 15. The maximum atomic E-state index is 13.8. The summed E-state index contributed by atoms with van der Waals surface area (Å²) in [5, 5.41) is 48.3. The van der Waals surface area contributed by atoms with Gasteiger partial charge in [0.1, 0.15) is 73.8 Å². The number of methoxy groups -OCH3 is 2. The average molecular weight is 1900 g/mol. The van der Waals surface area contributed by atoms with Gasteiger partial charge in [-0.1, -0.05) is 167 Å². The lowest BCUT2D eigenvalue weighted by molar-refractivity contribution is -0.144. The van der Waals surface area contributed by atoms with Gasteiger partial charge in [-0.2, -0.15) is 0 Å². The molecule has 4 aromatic heterocycles. The maximum absolute atomic E-state index is 13.8. The van der Waals surface area contributed by atoms with E-state index in [1.54, 1.807) is 84.4 Å². The number of carboxylic acids is 3. The number of Topliss-reactive ketones (excluding diaryl/α,β-unsaturated/α-hetero) is 4. The third-order valence-corrected chi connectivity index (χ3v) is 25.3. The van der Waals surface area contributed by atoms with E-state index in [4.69, 9.17) is 55.9 Å². The van der Waals surface area contributed by atoms with Gasteiger partial charge in [-0.25, -0.2) is 29.1 Å². The summed E-state index contributed by atoms with van der Waals surface area (Å²) in [6, 6.07) is 45.0. The van der Waals surface area contributed by atoms with E-state index in [2.05, 4.69) is 67.3 Å². The Bertz CT molecular complexity index is 5960. The van der Waals surface area contributed by atoms with Gasteiger partial charge in [-0.05, 0) is 306 Å². The number of aromatic carboxylic acids is 1. The molecule has 10 aromatic rings. The Hall–Kier alpha value is -11.6. The minimum Gasteiger partial charge on any atom is -0.481 e. The first-order valence-electron chi connectivity index (χ1n) is 44.9. The lowest BCUT2D eigenvalue weighted by atomic mass is 9.79. The SMILES string of the molecule is COC(C)(C)C#Cc1nc(Cl)n(Cc2ccc(C)cc2)c1C(=O)CC1(c2ccc(C(=O)O)cc2)CC1.COC(C)(C)C#Cc1nc(Cl)n(Cc2ccc(F)cc2)c1C(=O)CCc1ccc(C)cc1.Cc1ccc(Cn2c(Cl)nc(C#CC(C)(C)O)c2C(=O)CCC2CCC(C(=O)O)CC2)cc1.Cc1ccc(Cn2c(Cl)nc(C#CC(C)(C)O)c2C(=O)CCC2CCC(C(=O)O)CC2)cc1. The summed E-state index contributed by atoms with van der Waals surface area (Å²) in [6.45, 7) is 23.1. The van der Waals surface area contributed by atoms with Crippen LogP contribution in [0, 0.1) is 105 Å². The smallest absolute Gasteiger partial charge is 0.335 e. The Labute approximate surface area is 804 Å². The fourth-order valence-electron chi connectivity index (χ4n) is 15.6. The second-order valence-electron chi connectivity index (χ2n) is 37.0. The first kappa shape index (κ1) is 104. The van der Waals surface area contributed by atoms with Crippen LogP contribution in [0.5, 0.6) is 0 Å². The zero-order valence-corrected chi connectivity index (χ0v) is 81.4. The first-order chi connectivity index (χ1) is 63.3. The zero-order valence-electron chi connectivity index (χ0n) is 78.4. The fourth-order valence-corrected chi connectivity index (χ4v) is 16.5. The summed E-state index contributed by atoms with van der Waals surface area (Å²) in [5.74, 6) is 20.2. The van der Waals surface area contributed by atoms with Gasteiger partial charge in [0.15, 0.2) is 23.1 Å². The second kappa shape index (κ2) is 46.6. The lowest BCUT2D eigenvalue weighted by Crippen LogP contribution is -2.22. The Kier molecular flexibility index (Phi) is 36.3. The molecule has 0 amide bonds. The van der Waals surface area contributed by atoms with Gasteiger partial charge in [-0.3, -0.25) is 28.8 Å². The number of hydrogen-bond donors (Lipinski definition) is 5. The van der Waals surface area contributed by atoms with E-state index in [9.17, 15) is 63.5 Å². The molecule has 0 saturated heterocycles. The Balaban J connectivity index is 0.000000185. The van der Waals surface area contributed by atoms with Crippen molar-refractivity contribution in [2.75, 3.05) is 14.2 Å². The molecule has 0 bridgehead atoms. The number of aliphatic hydroxyl groups is 2. The molecule has 22 nitrogen and oxygen atoms in total. The van der Waals surface area contributed by atoms with Crippen LogP contribution in [0.15, 0.2) is 146 Å². The largest absolute Gasteiger partial charge is 0.481 e. The molecule has 134 heavy (non-hydrogen) atoms. The number of ketones is 4. The van der Waals surface area contributed by atoms with E-state index >= 15 is 0 Å².